The van der Waals surface area contributed by atoms with Gasteiger partial charge >= 0.3 is 4.87 Å². The van der Waals surface area contributed by atoms with Crippen LogP contribution in [0.3, 0.4) is 0 Å². The van der Waals surface area contributed by atoms with E-state index >= 15 is 0 Å². The van der Waals surface area contributed by atoms with Crippen molar-refractivity contribution >= 4 is 11.3 Å². The lowest BCUT2D eigenvalue weighted by Gasteiger charge is -2.37. The lowest BCUT2D eigenvalue weighted by Crippen LogP contribution is -2.49. The van der Waals surface area contributed by atoms with Crippen molar-refractivity contribution in [3.63, 3.8) is 0 Å². The molecule has 0 aromatic carbocycles. The van der Waals surface area contributed by atoms with E-state index in [0.29, 0.717) is 0 Å². The highest BCUT2D eigenvalue weighted by Gasteiger charge is 2.30. The van der Waals surface area contributed by atoms with Gasteiger partial charge in [0.1, 0.15) is 0 Å². The summed E-state index contributed by atoms with van der Waals surface area (Å²) in [5, 5.41) is 1.95. The molecular formula is C11H17N3OS. The van der Waals surface area contributed by atoms with Gasteiger partial charge in [0.2, 0.25) is 0 Å². The Hall–Kier alpha value is -0.650. The van der Waals surface area contributed by atoms with E-state index in [-0.39, 0.29) is 4.87 Å². The van der Waals surface area contributed by atoms with Crippen LogP contribution in [0, 0.1) is 0 Å². The Morgan fingerprint density at radius 1 is 1.44 bits per heavy atom. The van der Waals surface area contributed by atoms with Gasteiger partial charge in [-0.25, -0.2) is 0 Å². The van der Waals surface area contributed by atoms with Gasteiger partial charge in [0.05, 0.1) is 0 Å². The standard InChI is InChI=1S/C11H17N3OS/c15-11-12-9(8-16-11)6-13-4-5-14-3-1-2-10(14)7-13/h8,10H,1-7H2,(H,12,15). The lowest BCUT2D eigenvalue weighted by molar-refractivity contribution is 0.0985. The van der Waals surface area contributed by atoms with Gasteiger partial charge < -0.3 is 4.98 Å². The first kappa shape index (κ1) is 10.5. The van der Waals surface area contributed by atoms with E-state index < -0.39 is 0 Å². The molecule has 2 saturated heterocycles. The molecule has 1 aromatic heterocycles. The van der Waals surface area contributed by atoms with Crippen LogP contribution in [0.5, 0.6) is 0 Å². The third-order valence-electron chi connectivity index (χ3n) is 3.64. The van der Waals surface area contributed by atoms with Crippen LogP contribution in [0.4, 0.5) is 0 Å². The molecule has 0 bridgehead atoms. The van der Waals surface area contributed by atoms with Crippen molar-refractivity contribution < 1.29 is 0 Å². The van der Waals surface area contributed by atoms with Crippen molar-refractivity contribution in [2.75, 3.05) is 26.2 Å². The van der Waals surface area contributed by atoms with Gasteiger partial charge in [-0.2, -0.15) is 0 Å². The predicted molar refractivity (Wildman–Crippen MR) is 64.8 cm³/mol. The van der Waals surface area contributed by atoms with Gasteiger partial charge in [0, 0.05) is 43.3 Å². The number of thiazole rings is 1. The van der Waals surface area contributed by atoms with E-state index in [1.54, 1.807) is 0 Å². The normalized spacial score (nSPS) is 27.1. The van der Waals surface area contributed by atoms with Gasteiger partial charge in [-0.15, -0.1) is 0 Å². The molecule has 3 heterocycles. The number of aromatic nitrogens is 1. The minimum atomic E-state index is 0.0644. The first-order valence-corrected chi connectivity index (χ1v) is 6.82. The van der Waals surface area contributed by atoms with Crippen molar-refractivity contribution in [2.24, 2.45) is 0 Å². The van der Waals surface area contributed by atoms with Gasteiger partial charge in [-0.1, -0.05) is 11.3 Å². The Morgan fingerprint density at radius 3 is 3.19 bits per heavy atom. The molecule has 2 aliphatic rings. The van der Waals surface area contributed by atoms with E-state index in [2.05, 4.69) is 14.8 Å². The average molecular weight is 239 g/mol. The highest BCUT2D eigenvalue weighted by molar-refractivity contribution is 7.07. The highest BCUT2D eigenvalue weighted by atomic mass is 32.1. The second-order valence-electron chi connectivity index (χ2n) is 4.74. The largest absolute Gasteiger partial charge is 0.315 e. The summed E-state index contributed by atoms with van der Waals surface area (Å²) >= 11 is 1.26. The van der Waals surface area contributed by atoms with Crippen molar-refractivity contribution in [3.05, 3.63) is 20.7 Å². The summed E-state index contributed by atoms with van der Waals surface area (Å²) in [4.78, 5) is 19.1. The summed E-state index contributed by atoms with van der Waals surface area (Å²) in [6.07, 6.45) is 2.70. The maximum Gasteiger partial charge on any atom is 0.304 e. The molecule has 1 unspecified atom stereocenters. The first-order valence-electron chi connectivity index (χ1n) is 5.94. The molecule has 3 rings (SSSR count). The van der Waals surface area contributed by atoms with Crippen molar-refractivity contribution in [3.8, 4) is 0 Å². The number of rotatable bonds is 2. The number of hydrogen-bond donors (Lipinski definition) is 1. The quantitative estimate of drug-likeness (QED) is 0.826. The number of piperazine rings is 1. The fraction of sp³-hybridized carbons (Fsp3) is 0.727. The van der Waals surface area contributed by atoms with E-state index in [4.69, 9.17) is 0 Å². The average Bonchev–Trinajstić information content (AvgIpc) is 2.87. The molecule has 16 heavy (non-hydrogen) atoms. The maximum atomic E-state index is 11.1. The van der Waals surface area contributed by atoms with E-state index in [9.17, 15) is 4.79 Å². The van der Waals surface area contributed by atoms with Gasteiger partial charge in [0.15, 0.2) is 0 Å². The molecule has 0 saturated carbocycles. The second-order valence-corrected chi connectivity index (χ2v) is 5.58. The Bertz CT molecular complexity index is 413. The maximum absolute atomic E-state index is 11.1. The summed E-state index contributed by atoms with van der Waals surface area (Å²) in [5.41, 5.74) is 1.07. The molecule has 0 spiro atoms. The molecule has 88 valence electrons. The highest BCUT2D eigenvalue weighted by Crippen LogP contribution is 2.22. The zero-order chi connectivity index (χ0) is 11.0. The van der Waals surface area contributed by atoms with E-state index in [1.807, 2.05) is 5.38 Å². The zero-order valence-electron chi connectivity index (χ0n) is 9.32. The van der Waals surface area contributed by atoms with Crippen LogP contribution in [0.25, 0.3) is 0 Å². The number of nitrogens with one attached hydrogen (secondary N) is 1. The molecule has 2 aliphatic heterocycles. The van der Waals surface area contributed by atoms with Crippen molar-refractivity contribution in [1.82, 2.24) is 14.8 Å². The molecule has 0 aliphatic carbocycles. The SMILES string of the molecule is O=c1[nH]c(CN2CCN3CCCC3C2)cs1. The number of nitrogens with zero attached hydrogens (tertiary/aromatic N) is 2. The fourth-order valence-corrected chi connectivity index (χ4v) is 3.40. The smallest absolute Gasteiger partial charge is 0.304 e. The summed E-state index contributed by atoms with van der Waals surface area (Å²) < 4.78 is 0. The number of hydrogen-bond acceptors (Lipinski definition) is 4. The third kappa shape index (κ3) is 2.07. The molecule has 1 N–H and O–H groups in total. The monoisotopic (exact) mass is 239 g/mol. The zero-order valence-corrected chi connectivity index (χ0v) is 10.1. The Kier molecular flexibility index (Phi) is 2.83. The summed E-state index contributed by atoms with van der Waals surface area (Å²) in [5.74, 6) is 0. The summed E-state index contributed by atoms with van der Waals surface area (Å²) in [6.45, 7) is 5.68. The van der Waals surface area contributed by atoms with Crippen molar-refractivity contribution in [1.29, 1.82) is 0 Å². The molecule has 2 fully saturated rings. The Morgan fingerprint density at radius 2 is 2.38 bits per heavy atom. The number of fused-ring (bicyclic) bond motifs is 1. The topological polar surface area (TPSA) is 39.3 Å². The summed E-state index contributed by atoms with van der Waals surface area (Å²) in [7, 11) is 0. The van der Waals surface area contributed by atoms with Gasteiger partial charge in [0.25, 0.3) is 0 Å². The molecular weight excluding hydrogens is 222 g/mol. The fourth-order valence-electron chi connectivity index (χ4n) is 2.83. The van der Waals surface area contributed by atoms with Gasteiger partial charge in [-0.3, -0.25) is 14.6 Å². The molecule has 5 heteroatoms. The minimum absolute atomic E-state index is 0.0644. The lowest BCUT2D eigenvalue weighted by atomic mass is 10.1. The van der Waals surface area contributed by atoms with Crippen LogP contribution in [-0.4, -0.2) is 47.0 Å². The molecule has 4 nitrogen and oxygen atoms in total. The van der Waals surface area contributed by atoms with Gasteiger partial charge in [-0.05, 0) is 19.4 Å². The van der Waals surface area contributed by atoms with Crippen LogP contribution in [0.15, 0.2) is 10.2 Å². The molecule has 1 atom stereocenters. The van der Waals surface area contributed by atoms with Crippen LogP contribution in [-0.2, 0) is 6.54 Å². The Labute approximate surface area is 98.9 Å². The molecule has 0 radical (unpaired) electrons. The van der Waals surface area contributed by atoms with Crippen LogP contribution < -0.4 is 4.87 Å². The third-order valence-corrected chi connectivity index (χ3v) is 4.35. The molecule has 0 amide bonds. The van der Waals surface area contributed by atoms with Crippen LogP contribution in [0.1, 0.15) is 18.5 Å². The molecule has 1 aromatic rings. The second kappa shape index (κ2) is 4.31. The Balaban J connectivity index is 1.62. The van der Waals surface area contributed by atoms with E-state index in [0.717, 1.165) is 31.4 Å². The van der Waals surface area contributed by atoms with Crippen LogP contribution in [0.2, 0.25) is 0 Å². The van der Waals surface area contributed by atoms with Crippen LogP contribution >= 0.6 is 11.3 Å². The predicted octanol–water partition coefficient (Wildman–Crippen LogP) is 0.716. The first-order chi connectivity index (χ1) is 7.81. The number of H-pyrrole nitrogens is 1. The number of aromatic amines is 1. The summed E-state index contributed by atoms with van der Waals surface area (Å²) in [6, 6.07) is 0.763. The van der Waals surface area contributed by atoms with E-state index in [1.165, 1.54) is 37.3 Å². The van der Waals surface area contributed by atoms with Crippen molar-refractivity contribution in [2.45, 2.75) is 25.4 Å². The minimum Gasteiger partial charge on any atom is -0.315 e.